The Morgan fingerprint density at radius 1 is 1.39 bits per heavy atom. The second-order valence-electron chi connectivity index (χ2n) is 6.22. The summed E-state index contributed by atoms with van der Waals surface area (Å²) in [5.41, 5.74) is 11.6. The average Bonchev–Trinajstić information content (AvgIpc) is 3.26. The van der Waals surface area contributed by atoms with Crippen molar-refractivity contribution in [3.8, 4) is 11.8 Å². The predicted octanol–water partition coefficient (Wildman–Crippen LogP) is 1.72. The molecule has 2 amide bonds. The molecule has 0 bridgehead atoms. The summed E-state index contributed by atoms with van der Waals surface area (Å²) in [6, 6.07) is 3.72. The zero-order chi connectivity index (χ0) is 20.4. The summed E-state index contributed by atoms with van der Waals surface area (Å²) < 4.78 is 15.3. The minimum absolute atomic E-state index is 0.0385. The summed E-state index contributed by atoms with van der Waals surface area (Å²) in [5.74, 6) is 3.77. The molecule has 0 spiro atoms. The Morgan fingerprint density at radius 2 is 2.14 bits per heavy atom. The number of primary amides is 1. The third kappa shape index (κ3) is 3.70. The molecular formula is C19H17ClFN5O2. The topological polar surface area (TPSA) is 107 Å². The molecule has 7 nitrogen and oxygen atoms in total. The number of hydrogen-bond acceptors (Lipinski definition) is 4. The van der Waals surface area contributed by atoms with Gasteiger partial charge >= 0.3 is 0 Å². The van der Waals surface area contributed by atoms with Crippen molar-refractivity contribution in [2.45, 2.75) is 12.5 Å². The van der Waals surface area contributed by atoms with E-state index in [1.807, 2.05) is 0 Å². The van der Waals surface area contributed by atoms with Crippen LogP contribution in [0, 0.1) is 17.7 Å². The van der Waals surface area contributed by atoms with Crippen LogP contribution in [0.1, 0.15) is 34.1 Å². The number of carbonyl (C=O) groups excluding carboxylic acids is 2. The van der Waals surface area contributed by atoms with Gasteiger partial charge in [0.1, 0.15) is 17.2 Å². The van der Waals surface area contributed by atoms with E-state index in [4.69, 9.17) is 23.1 Å². The van der Waals surface area contributed by atoms with Gasteiger partial charge in [0.2, 0.25) is 5.91 Å². The highest BCUT2D eigenvalue weighted by molar-refractivity contribution is 6.30. The summed E-state index contributed by atoms with van der Waals surface area (Å²) in [6.07, 6.45) is 1.83. The van der Waals surface area contributed by atoms with Crippen molar-refractivity contribution in [2.24, 2.45) is 5.73 Å². The number of halogens is 2. The molecule has 1 aromatic heterocycles. The third-order valence-electron chi connectivity index (χ3n) is 4.43. The number of anilines is 1. The molecule has 0 aliphatic carbocycles. The first kappa shape index (κ1) is 19.5. The van der Waals surface area contributed by atoms with E-state index in [1.165, 1.54) is 29.0 Å². The fourth-order valence-corrected chi connectivity index (χ4v) is 3.22. The maximum Gasteiger partial charge on any atom is 0.255 e. The van der Waals surface area contributed by atoms with Gasteiger partial charge in [-0.25, -0.2) is 9.07 Å². The van der Waals surface area contributed by atoms with Gasteiger partial charge in [0.25, 0.3) is 5.91 Å². The smallest absolute Gasteiger partial charge is 0.255 e. The Morgan fingerprint density at radius 3 is 2.82 bits per heavy atom. The monoisotopic (exact) mass is 401 g/mol. The first-order valence-corrected chi connectivity index (χ1v) is 8.75. The van der Waals surface area contributed by atoms with E-state index in [9.17, 15) is 14.0 Å². The molecule has 1 aliphatic heterocycles. The van der Waals surface area contributed by atoms with Crippen molar-refractivity contribution in [3.05, 3.63) is 58.5 Å². The van der Waals surface area contributed by atoms with Gasteiger partial charge < -0.3 is 16.4 Å². The second kappa shape index (κ2) is 7.74. The van der Waals surface area contributed by atoms with Crippen LogP contribution in [0.15, 0.2) is 30.9 Å². The van der Waals surface area contributed by atoms with Gasteiger partial charge in [-0.2, -0.15) is 5.10 Å². The average molecular weight is 402 g/mol. The Bertz CT molecular complexity index is 1040. The van der Waals surface area contributed by atoms with E-state index < -0.39 is 11.7 Å². The van der Waals surface area contributed by atoms with Gasteiger partial charge in [-0.15, -0.1) is 0 Å². The lowest BCUT2D eigenvalue weighted by molar-refractivity contribution is -0.125. The highest BCUT2D eigenvalue weighted by Crippen LogP contribution is 2.27. The Balaban J connectivity index is 1.98. The zero-order valence-electron chi connectivity index (χ0n) is 14.8. The Kier molecular flexibility index (Phi) is 5.38. The van der Waals surface area contributed by atoms with Crippen LogP contribution in [0.2, 0.25) is 5.02 Å². The Labute approximate surface area is 165 Å². The molecule has 1 saturated heterocycles. The van der Waals surface area contributed by atoms with Crippen molar-refractivity contribution >= 4 is 29.2 Å². The molecule has 144 valence electrons. The van der Waals surface area contributed by atoms with Gasteiger partial charge in [-0.3, -0.25) is 9.59 Å². The van der Waals surface area contributed by atoms with E-state index in [-0.39, 0.29) is 34.6 Å². The lowest BCUT2D eigenvalue weighted by Crippen LogP contribution is -2.27. The van der Waals surface area contributed by atoms with Crippen LogP contribution in [0.25, 0.3) is 0 Å². The van der Waals surface area contributed by atoms with Gasteiger partial charge in [0, 0.05) is 18.1 Å². The minimum atomic E-state index is -0.795. The molecule has 1 fully saturated rings. The SMILES string of the molecule is C=CC(=O)N1CCC(n2nc(C#Cc3cc(Cl)ccc3F)c(C(N)=O)c2N)C1. The number of nitrogens with zero attached hydrogens (tertiary/aromatic N) is 3. The van der Waals surface area contributed by atoms with Crippen LogP contribution < -0.4 is 11.5 Å². The quantitative estimate of drug-likeness (QED) is 0.603. The maximum atomic E-state index is 13.9. The summed E-state index contributed by atoms with van der Waals surface area (Å²) in [4.78, 5) is 25.3. The van der Waals surface area contributed by atoms with Crippen LogP contribution in [-0.2, 0) is 4.79 Å². The van der Waals surface area contributed by atoms with Crippen LogP contribution in [0.4, 0.5) is 10.2 Å². The minimum Gasteiger partial charge on any atom is -0.383 e. The summed E-state index contributed by atoms with van der Waals surface area (Å²) in [5, 5.41) is 4.62. The first-order valence-electron chi connectivity index (χ1n) is 8.38. The highest BCUT2D eigenvalue weighted by Gasteiger charge is 2.30. The van der Waals surface area contributed by atoms with Crippen molar-refractivity contribution in [3.63, 3.8) is 0 Å². The van der Waals surface area contributed by atoms with Gasteiger partial charge in [0.05, 0.1) is 11.6 Å². The largest absolute Gasteiger partial charge is 0.383 e. The molecule has 3 rings (SSSR count). The number of hydrogen-bond donors (Lipinski definition) is 2. The van der Waals surface area contributed by atoms with Gasteiger partial charge in [-0.05, 0) is 36.6 Å². The molecule has 2 aromatic rings. The maximum absolute atomic E-state index is 13.9. The molecule has 1 unspecified atom stereocenters. The molecular weight excluding hydrogens is 385 g/mol. The van der Waals surface area contributed by atoms with Crippen molar-refractivity contribution in [2.75, 3.05) is 18.8 Å². The van der Waals surface area contributed by atoms with Crippen LogP contribution in [0.5, 0.6) is 0 Å². The number of carbonyl (C=O) groups is 2. The zero-order valence-corrected chi connectivity index (χ0v) is 15.5. The predicted molar refractivity (Wildman–Crippen MR) is 103 cm³/mol. The standard InChI is InChI=1S/C19H17ClFN5O2/c1-2-16(27)25-8-7-13(10-25)26-18(22)17(19(23)28)15(24-26)6-3-11-9-12(20)4-5-14(11)21/h2,4-5,9,13H,1,7-8,10,22H2,(H2,23,28). The summed E-state index contributed by atoms with van der Waals surface area (Å²) in [7, 11) is 0. The molecule has 0 radical (unpaired) electrons. The van der Waals surface area contributed by atoms with Crippen LogP contribution >= 0.6 is 11.6 Å². The van der Waals surface area contributed by atoms with Crippen LogP contribution in [0.3, 0.4) is 0 Å². The molecule has 4 N–H and O–H groups in total. The molecule has 1 aromatic carbocycles. The number of aromatic nitrogens is 2. The summed E-state index contributed by atoms with van der Waals surface area (Å²) >= 11 is 5.86. The highest BCUT2D eigenvalue weighted by atomic mass is 35.5. The van der Waals surface area contributed by atoms with E-state index in [0.717, 1.165) is 0 Å². The van der Waals surface area contributed by atoms with Gasteiger partial charge in [-0.1, -0.05) is 24.1 Å². The molecule has 0 saturated carbocycles. The lowest BCUT2D eigenvalue weighted by atomic mass is 10.1. The fraction of sp³-hybridized carbons (Fsp3) is 0.211. The van der Waals surface area contributed by atoms with E-state index in [0.29, 0.717) is 24.5 Å². The number of nitrogens with two attached hydrogens (primary N) is 2. The fourth-order valence-electron chi connectivity index (χ4n) is 3.05. The Hall–Kier alpha value is -3.31. The second-order valence-corrected chi connectivity index (χ2v) is 6.66. The normalized spacial score (nSPS) is 15.8. The van der Waals surface area contributed by atoms with E-state index in [1.54, 1.807) is 4.90 Å². The van der Waals surface area contributed by atoms with Crippen molar-refractivity contribution in [1.82, 2.24) is 14.7 Å². The lowest BCUT2D eigenvalue weighted by Gasteiger charge is -2.15. The van der Waals surface area contributed by atoms with Crippen molar-refractivity contribution < 1.29 is 14.0 Å². The number of rotatable bonds is 3. The molecule has 28 heavy (non-hydrogen) atoms. The number of benzene rings is 1. The van der Waals surface area contributed by atoms with E-state index >= 15 is 0 Å². The third-order valence-corrected chi connectivity index (χ3v) is 4.67. The number of amides is 2. The van der Waals surface area contributed by atoms with Crippen molar-refractivity contribution in [1.29, 1.82) is 0 Å². The number of likely N-dealkylation sites (tertiary alicyclic amines) is 1. The first-order chi connectivity index (χ1) is 13.3. The molecule has 2 heterocycles. The number of nitrogen functional groups attached to an aromatic ring is 1. The molecule has 1 atom stereocenters. The van der Waals surface area contributed by atoms with Gasteiger partial charge in [0.15, 0.2) is 5.69 Å². The van der Waals surface area contributed by atoms with E-state index in [2.05, 4.69) is 23.5 Å². The summed E-state index contributed by atoms with van der Waals surface area (Å²) in [6.45, 7) is 4.35. The molecule has 9 heteroatoms. The van der Waals surface area contributed by atoms with Crippen LogP contribution in [-0.4, -0.2) is 39.6 Å². The molecule has 1 aliphatic rings.